The first kappa shape index (κ1) is 17.5. The van der Waals surface area contributed by atoms with Gasteiger partial charge in [-0.25, -0.2) is 0 Å². The lowest BCUT2D eigenvalue weighted by atomic mass is 10.1. The summed E-state index contributed by atoms with van der Waals surface area (Å²) in [5, 5.41) is 11.3. The number of carboxylic acid groups (broad SMARTS) is 1. The van der Waals surface area contributed by atoms with Crippen LogP contribution in [-0.4, -0.2) is 29.6 Å². The molecule has 1 amide bonds. The monoisotopic (exact) mass is 326 g/mol. The summed E-state index contributed by atoms with van der Waals surface area (Å²) in [6, 6.07) is 16.5. The third-order valence-electron chi connectivity index (χ3n) is 3.81. The third kappa shape index (κ3) is 4.59. The number of rotatable bonds is 7. The maximum absolute atomic E-state index is 12.0. The maximum atomic E-state index is 12.0. The predicted octanol–water partition coefficient (Wildman–Crippen LogP) is 2.92. The molecule has 2 N–H and O–H groups in total. The Balaban J connectivity index is 2.07. The lowest BCUT2D eigenvalue weighted by Crippen LogP contribution is -2.38. The molecule has 5 heteroatoms. The van der Waals surface area contributed by atoms with Gasteiger partial charge in [0.2, 0.25) is 0 Å². The number of amides is 1. The van der Waals surface area contributed by atoms with Gasteiger partial charge in [0.05, 0.1) is 0 Å². The summed E-state index contributed by atoms with van der Waals surface area (Å²) >= 11 is 0. The van der Waals surface area contributed by atoms with Crippen LogP contribution in [0.25, 0.3) is 0 Å². The van der Waals surface area contributed by atoms with Crippen molar-refractivity contribution in [3.05, 3.63) is 65.7 Å². The van der Waals surface area contributed by atoms with Gasteiger partial charge in [0.1, 0.15) is 6.04 Å². The molecule has 0 aliphatic rings. The summed E-state index contributed by atoms with van der Waals surface area (Å²) in [4.78, 5) is 25.0. The van der Waals surface area contributed by atoms with Crippen molar-refractivity contribution in [1.82, 2.24) is 5.32 Å². The van der Waals surface area contributed by atoms with Gasteiger partial charge in [0.15, 0.2) is 0 Å². The van der Waals surface area contributed by atoms with E-state index in [1.54, 1.807) is 12.1 Å². The van der Waals surface area contributed by atoms with E-state index < -0.39 is 12.0 Å². The standard InChI is InChI=1S/C19H22N2O3/c1-3-21(13-15-7-5-4-6-8-15)17-11-9-16(10-12-17)18(22)20-14(2)19(23)24/h4-12,14H,3,13H2,1-2H3,(H,20,22)(H,23,24)/t14-/m1/s1. The highest BCUT2D eigenvalue weighted by atomic mass is 16.4. The molecule has 0 radical (unpaired) electrons. The van der Waals surface area contributed by atoms with E-state index in [4.69, 9.17) is 5.11 Å². The lowest BCUT2D eigenvalue weighted by Gasteiger charge is -2.23. The highest BCUT2D eigenvalue weighted by Gasteiger charge is 2.15. The van der Waals surface area contributed by atoms with E-state index in [2.05, 4.69) is 29.3 Å². The third-order valence-corrected chi connectivity index (χ3v) is 3.81. The van der Waals surface area contributed by atoms with E-state index in [1.807, 2.05) is 30.3 Å². The average Bonchev–Trinajstić information content (AvgIpc) is 2.60. The van der Waals surface area contributed by atoms with Crippen LogP contribution in [-0.2, 0) is 11.3 Å². The summed E-state index contributed by atoms with van der Waals surface area (Å²) < 4.78 is 0. The zero-order valence-corrected chi connectivity index (χ0v) is 13.9. The zero-order chi connectivity index (χ0) is 17.5. The molecule has 24 heavy (non-hydrogen) atoms. The van der Waals surface area contributed by atoms with Crippen molar-refractivity contribution in [3.63, 3.8) is 0 Å². The van der Waals surface area contributed by atoms with Gasteiger partial charge >= 0.3 is 5.97 Å². The van der Waals surface area contributed by atoms with E-state index in [0.29, 0.717) is 5.56 Å². The van der Waals surface area contributed by atoms with Crippen molar-refractivity contribution in [3.8, 4) is 0 Å². The van der Waals surface area contributed by atoms with Crippen molar-refractivity contribution in [2.24, 2.45) is 0 Å². The number of carboxylic acids is 1. The quantitative estimate of drug-likeness (QED) is 0.821. The van der Waals surface area contributed by atoms with Crippen LogP contribution in [0.2, 0.25) is 0 Å². The molecule has 0 fully saturated rings. The van der Waals surface area contributed by atoms with Crippen LogP contribution in [0.5, 0.6) is 0 Å². The molecule has 0 aliphatic heterocycles. The Hall–Kier alpha value is -2.82. The zero-order valence-electron chi connectivity index (χ0n) is 13.9. The van der Waals surface area contributed by atoms with Gasteiger partial charge in [-0.1, -0.05) is 30.3 Å². The van der Waals surface area contributed by atoms with Crippen LogP contribution in [0.4, 0.5) is 5.69 Å². The number of carbonyl (C=O) groups excluding carboxylic acids is 1. The SMILES string of the molecule is CCN(Cc1ccccc1)c1ccc(C(=O)N[C@H](C)C(=O)O)cc1. The fourth-order valence-electron chi connectivity index (χ4n) is 2.35. The Morgan fingerprint density at radius 1 is 1.08 bits per heavy atom. The van der Waals surface area contributed by atoms with Crippen molar-refractivity contribution in [1.29, 1.82) is 0 Å². The first-order chi connectivity index (χ1) is 11.5. The van der Waals surface area contributed by atoms with Crippen LogP contribution in [0.15, 0.2) is 54.6 Å². The summed E-state index contributed by atoms with van der Waals surface area (Å²) in [6.45, 7) is 5.15. The van der Waals surface area contributed by atoms with Gasteiger partial charge in [-0.15, -0.1) is 0 Å². The fraction of sp³-hybridized carbons (Fsp3) is 0.263. The van der Waals surface area contributed by atoms with E-state index in [9.17, 15) is 9.59 Å². The van der Waals surface area contributed by atoms with Crippen LogP contribution in [0.1, 0.15) is 29.8 Å². The van der Waals surface area contributed by atoms with Crippen LogP contribution in [0.3, 0.4) is 0 Å². The highest BCUT2D eigenvalue weighted by Crippen LogP contribution is 2.18. The average molecular weight is 326 g/mol. The summed E-state index contributed by atoms with van der Waals surface area (Å²) in [7, 11) is 0. The fourth-order valence-corrected chi connectivity index (χ4v) is 2.35. The van der Waals surface area contributed by atoms with Crippen LogP contribution >= 0.6 is 0 Å². The smallest absolute Gasteiger partial charge is 0.325 e. The second kappa shape index (κ2) is 8.15. The molecule has 2 rings (SSSR count). The minimum absolute atomic E-state index is 0.387. The van der Waals surface area contributed by atoms with E-state index in [1.165, 1.54) is 12.5 Å². The Labute approximate surface area is 141 Å². The molecule has 0 saturated heterocycles. The summed E-state index contributed by atoms with van der Waals surface area (Å²) in [6.07, 6.45) is 0. The number of carbonyl (C=O) groups is 2. The molecule has 0 aliphatic carbocycles. The molecule has 2 aromatic rings. The highest BCUT2D eigenvalue weighted by molar-refractivity contribution is 5.96. The molecule has 0 unspecified atom stereocenters. The largest absolute Gasteiger partial charge is 0.480 e. The number of benzene rings is 2. The first-order valence-corrected chi connectivity index (χ1v) is 7.94. The normalized spacial score (nSPS) is 11.6. The predicted molar refractivity (Wildman–Crippen MR) is 94.2 cm³/mol. The number of nitrogens with zero attached hydrogens (tertiary/aromatic N) is 1. The Bertz CT molecular complexity index is 684. The molecule has 126 valence electrons. The van der Waals surface area contributed by atoms with Crippen molar-refractivity contribution in [2.45, 2.75) is 26.4 Å². The Morgan fingerprint density at radius 2 is 1.71 bits per heavy atom. The van der Waals surface area contributed by atoms with Crippen molar-refractivity contribution < 1.29 is 14.7 Å². The maximum Gasteiger partial charge on any atom is 0.325 e. The van der Waals surface area contributed by atoms with E-state index in [-0.39, 0.29) is 5.91 Å². The van der Waals surface area contributed by atoms with Crippen LogP contribution in [0, 0.1) is 0 Å². The van der Waals surface area contributed by atoms with Gasteiger partial charge in [0.25, 0.3) is 5.91 Å². The van der Waals surface area contributed by atoms with Gasteiger partial charge in [-0.3, -0.25) is 9.59 Å². The Kier molecular flexibility index (Phi) is 5.95. The number of hydrogen-bond acceptors (Lipinski definition) is 3. The minimum Gasteiger partial charge on any atom is -0.480 e. The summed E-state index contributed by atoms with van der Waals surface area (Å²) in [5.41, 5.74) is 2.68. The molecular formula is C19H22N2O3. The minimum atomic E-state index is -1.06. The first-order valence-electron chi connectivity index (χ1n) is 7.94. The number of hydrogen-bond donors (Lipinski definition) is 2. The van der Waals surface area contributed by atoms with Crippen molar-refractivity contribution >= 4 is 17.6 Å². The topological polar surface area (TPSA) is 69.6 Å². The molecule has 0 heterocycles. The van der Waals surface area contributed by atoms with Gasteiger partial charge in [-0.05, 0) is 43.7 Å². The van der Waals surface area contributed by atoms with Crippen molar-refractivity contribution in [2.75, 3.05) is 11.4 Å². The Morgan fingerprint density at radius 3 is 2.25 bits per heavy atom. The molecule has 0 saturated carbocycles. The van der Waals surface area contributed by atoms with Gasteiger partial charge in [0, 0.05) is 24.3 Å². The summed E-state index contributed by atoms with van der Waals surface area (Å²) in [5.74, 6) is -1.44. The second-order valence-electron chi connectivity index (χ2n) is 5.58. The lowest BCUT2D eigenvalue weighted by molar-refractivity contribution is -0.138. The molecule has 1 atom stereocenters. The van der Waals surface area contributed by atoms with Gasteiger partial charge < -0.3 is 15.3 Å². The number of nitrogens with one attached hydrogen (secondary N) is 1. The second-order valence-corrected chi connectivity index (χ2v) is 5.58. The molecular weight excluding hydrogens is 304 g/mol. The van der Waals surface area contributed by atoms with E-state index >= 15 is 0 Å². The van der Waals surface area contributed by atoms with E-state index in [0.717, 1.165) is 18.8 Å². The van der Waals surface area contributed by atoms with Crippen LogP contribution < -0.4 is 10.2 Å². The molecule has 2 aromatic carbocycles. The van der Waals surface area contributed by atoms with Gasteiger partial charge in [-0.2, -0.15) is 0 Å². The molecule has 5 nitrogen and oxygen atoms in total. The molecule has 0 bridgehead atoms. The molecule has 0 aromatic heterocycles. The number of anilines is 1. The number of aliphatic carboxylic acids is 1. The molecule has 0 spiro atoms.